The fraction of sp³-hybridized carbons (Fsp3) is 0.333. The van der Waals surface area contributed by atoms with Crippen molar-refractivity contribution in [2.75, 3.05) is 11.8 Å². The highest BCUT2D eigenvalue weighted by atomic mass is 35.5. The summed E-state index contributed by atoms with van der Waals surface area (Å²) in [6.45, 7) is 4.27. The Hall–Kier alpha value is -0.980. The fourth-order valence-electron chi connectivity index (χ4n) is 2.71. The maximum absolute atomic E-state index is 6.35. The van der Waals surface area contributed by atoms with Crippen LogP contribution in [0.2, 0.25) is 0 Å². The predicted molar refractivity (Wildman–Crippen MR) is 89.2 cm³/mol. The van der Waals surface area contributed by atoms with Crippen LogP contribution >= 0.6 is 23.2 Å². The number of hydrogen-bond acceptors (Lipinski definition) is 0. The molecule has 0 bridgehead atoms. The Morgan fingerprint density at radius 1 is 0.800 bits per heavy atom. The summed E-state index contributed by atoms with van der Waals surface area (Å²) in [5, 5.41) is 0. The monoisotopic (exact) mass is 306 g/mol. The van der Waals surface area contributed by atoms with Crippen molar-refractivity contribution in [2.45, 2.75) is 25.7 Å². The van der Waals surface area contributed by atoms with Gasteiger partial charge in [0.2, 0.25) is 0 Å². The van der Waals surface area contributed by atoms with Crippen LogP contribution in [0.15, 0.2) is 48.5 Å². The van der Waals surface area contributed by atoms with E-state index >= 15 is 0 Å². The van der Waals surface area contributed by atoms with Gasteiger partial charge in [-0.25, -0.2) is 0 Å². The van der Waals surface area contributed by atoms with Crippen LogP contribution in [-0.2, 0) is 11.8 Å². The SMILES string of the molecule is Cc1ccccc1CC(CCl)(CCl)c1ccccc1C. The lowest BCUT2D eigenvalue weighted by Crippen LogP contribution is -2.34. The second kappa shape index (κ2) is 6.65. The predicted octanol–water partition coefficient (Wildman–Crippen LogP) is 5.26. The van der Waals surface area contributed by atoms with E-state index in [1.165, 1.54) is 22.3 Å². The number of rotatable bonds is 5. The molecule has 2 aromatic rings. The van der Waals surface area contributed by atoms with E-state index in [0.717, 1.165) is 6.42 Å². The Kier molecular flexibility index (Phi) is 5.12. The second-order valence-corrected chi connectivity index (χ2v) is 6.00. The minimum Gasteiger partial charge on any atom is -0.126 e. The summed E-state index contributed by atoms with van der Waals surface area (Å²) >= 11 is 12.7. The lowest BCUT2D eigenvalue weighted by Gasteiger charge is -2.32. The summed E-state index contributed by atoms with van der Waals surface area (Å²) < 4.78 is 0. The first-order valence-corrected chi connectivity index (χ1v) is 7.92. The Bertz CT molecular complexity index is 571. The summed E-state index contributed by atoms with van der Waals surface area (Å²) in [6, 6.07) is 16.8. The third-order valence-electron chi connectivity index (χ3n) is 4.02. The first-order valence-electron chi connectivity index (χ1n) is 6.85. The molecule has 0 amide bonds. The van der Waals surface area contributed by atoms with Crippen LogP contribution in [0.4, 0.5) is 0 Å². The van der Waals surface area contributed by atoms with E-state index in [2.05, 4.69) is 62.4 Å². The van der Waals surface area contributed by atoms with Gasteiger partial charge in [0, 0.05) is 17.2 Å². The quantitative estimate of drug-likeness (QED) is 0.661. The third kappa shape index (κ3) is 3.02. The van der Waals surface area contributed by atoms with E-state index in [1.807, 2.05) is 0 Å². The Morgan fingerprint density at radius 2 is 1.35 bits per heavy atom. The molecule has 0 saturated carbocycles. The van der Waals surface area contributed by atoms with Crippen molar-refractivity contribution in [1.29, 1.82) is 0 Å². The largest absolute Gasteiger partial charge is 0.126 e. The first kappa shape index (κ1) is 15.4. The van der Waals surface area contributed by atoms with Crippen molar-refractivity contribution in [3.05, 3.63) is 70.8 Å². The highest BCUT2D eigenvalue weighted by molar-refractivity contribution is 6.22. The lowest BCUT2D eigenvalue weighted by atomic mass is 9.76. The molecule has 0 fully saturated rings. The molecule has 0 saturated heterocycles. The molecule has 0 aliphatic carbocycles. The number of aryl methyl sites for hydroxylation is 2. The van der Waals surface area contributed by atoms with Gasteiger partial charge >= 0.3 is 0 Å². The molecule has 2 rings (SSSR count). The molecular formula is C18H20Cl2. The van der Waals surface area contributed by atoms with E-state index in [9.17, 15) is 0 Å². The molecule has 0 atom stereocenters. The molecule has 0 aliphatic rings. The molecule has 0 aromatic heterocycles. The van der Waals surface area contributed by atoms with E-state index in [1.54, 1.807) is 0 Å². The lowest BCUT2D eigenvalue weighted by molar-refractivity contribution is 0.532. The minimum atomic E-state index is -0.208. The van der Waals surface area contributed by atoms with Crippen molar-refractivity contribution >= 4 is 23.2 Å². The normalized spacial score (nSPS) is 11.6. The zero-order valence-electron chi connectivity index (χ0n) is 12.0. The molecule has 0 aliphatic heterocycles. The molecule has 2 heteroatoms. The fourth-order valence-corrected chi connectivity index (χ4v) is 3.47. The molecular weight excluding hydrogens is 287 g/mol. The highest BCUT2D eigenvalue weighted by Crippen LogP contribution is 2.34. The summed E-state index contributed by atoms with van der Waals surface area (Å²) in [5.41, 5.74) is 4.91. The van der Waals surface area contributed by atoms with Gasteiger partial charge in [0.1, 0.15) is 0 Å². The van der Waals surface area contributed by atoms with E-state index < -0.39 is 0 Å². The van der Waals surface area contributed by atoms with Crippen LogP contribution in [-0.4, -0.2) is 11.8 Å². The minimum absolute atomic E-state index is 0.208. The maximum Gasteiger partial charge on any atom is 0.0335 e. The van der Waals surface area contributed by atoms with Crippen LogP contribution in [0.25, 0.3) is 0 Å². The van der Waals surface area contributed by atoms with Crippen molar-refractivity contribution in [3.8, 4) is 0 Å². The van der Waals surface area contributed by atoms with E-state index in [4.69, 9.17) is 23.2 Å². The van der Waals surface area contributed by atoms with Gasteiger partial charge < -0.3 is 0 Å². The third-order valence-corrected chi connectivity index (χ3v) is 5.04. The molecule has 106 valence electrons. The van der Waals surface area contributed by atoms with Gasteiger partial charge in [0.25, 0.3) is 0 Å². The van der Waals surface area contributed by atoms with Gasteiger partial charge in [0.05, 0.1) is 0 Å². The number of alkyl halides is 2. The number of benzene rings is 2. The zero-order valence-corrected chi connectivity index (χ0v) is 13.5. The Morgan fingerprint density at radius 3 is 1.90 bits per heavy atom. The molecule has 0 nitrogen and oxygen atoms in total. The number of halogens is 2. The van der Waals surface area contributed by atoms with Gasteiger partial charge in [-0.05, 0) is 42.5 Å². The summed E-state index contributed by atoms with van der Waals surface area (Å²) in [4.78, 5) is 0. The van der Waals surface area contributed by atoms with Gasteiger partial charge in [-0.2, -0.15) is 0 Å². The second-order valence-electron chi connectivity index (χ2n) is 5.47. The molecule has 0 radical (unpaired) electrons. The molecule has 0 spiro atoms. The topological polar surface area (TPSA) is 0 Å². The van der Waals surface area contributed by atoms with E-state index in [0.29, 0.717) is 11.8 Å². The van der Waals surface area contributed by atoms with Gasteiger partial charge in [0.15, 0.2) is 0 Å². The van der Waals surface area contributed by atoms with Crippen LogP contribution in [0, 0.1) is 13.8 Å². The number of hydrogen-bond donors (Lipinski definition) is 0. The molecule has 0 heterocycles. The Balaban J connectivity index is 2.46. The van der Waals surface area contributed by atoms with Crippen molar-refractivity contribution < 1.29 is 0 Å². The Labute approximate surface area is 131 Å². The van der Waals surface area contributed by atoms with Crippen LogP contribution in [0.3, 0.4) is 0 Å². The van der Waals surface area contributed by atoms with Crippen LogP contribution < -0.4 is 0 Å². The van der Waals surface area contributed by atoms with Crippen LogP contribution in [0.5, 0.6) is 0 Å². The van der Waals surface area contributed by atoms with Crippen molar-refractivity contribution in [2.24, 2.45) is 0 Å². The summed E-state index contributed by atoms with van der Waals surface area (Å²) in [5.74, 6) is 1.05. The smallest absolute Gasteiger partial charge is 0.0335 e. The zero-order chi connectivity index (χ0) is 14.6. The van der Waals surface area contributed by atoms with Gasteiger partial charge in [-0.1, -0.05) is 48.5 Å². The average Bonchev–Trinajstić information content (AvgIpc) is 2.48. The standard InChI is InChI=1S/C18H20Cl2/c1-14-7-3-5-9-16(14)11-18(12-19,13-20)17-10-6-4-8-15(17)2/h3-10H,11-13H2,1-2H3. The molecule has 0 unspecified atom stereocenters. The van der Waals surface area contributed by atoms with Crippen LogP contribution in [0.1, 0.15) is 22.3 Å². The molecule has 0 N–H and O–H groups in total. The summed E-state index contributed by atoms with van der Waals surface area (Å²) in [6.07, 6.45) is 0.873. The molecule has 20 heavy (non-hydrogen) atoms. The van der Waals surface area contributed by atoms with Gasteiger partial charge in [-0.15, -0.1) is 23.2 Å². The highest BCUT2D eigenvalue weighted by Gasteiger charge is 2.32. The average molecular weight is 307 g/mol. The summed E-state index contributed by atoms with van der Waals surface area (Å²) in [7, 11) is 0. The van der Waals surface area contributed by atoms with Gasteiger partial charge in [-0.3, -0.25) is 0 Å². The molecule has 2 aromatic carbocycles. The van der Waals surface area contributed by atoms with Crippen molar-refractivity contribution in [3.63, 3.8) is 0 Å². The maximum atomic E-state index is 6.35. The van der Waals surface area contributed by atoms with Crippen molar-refractivity contribution in [1.82, 2.24) is 0 Å². The van der Waals surface area contributed by atoms with E-state index in [-0.39, 0.29) is 5.41 Å². The first-order chi connectivity index (χ1) is 9.63.